The molecule has 0 saturated carbocycles. The molecule has 0 saturated heterocycles. The largest absolute Gasteiger partial charge is 0.318 e. The summed E-state index contributed by atoms with van der Waals surface area (Å²) in [6, 6.07) is 17.5. The summed E-state index contributed by atoms with van der Waals surface area (Å²) in [7, 11) is 0. The fourth-order valence-corrected chi connectivity index (χ4v) is 3.39. The zero-order chi connectivity index (χ0) is 14.2. The lowest BCUT2D eigenvalue weighted by Crippen LogP contribution is -2.35. The van der Waals surface area contributed by atoms with E-state index in [0.29, 0.717) is 5.92 Å². The third kappa shape index (κ3) is 2.27. The fraction of sp³-hybridized carbons (Fsp3) is 0.368. The van der Waals surface area contributed by atoms with E-state index in [-0.39, 0.29) is 5.54 Å². The summed E-state index contributed by atoms with van der Waals surface area (Å²) in [5.74, 6) is 0.676. The van der Waals surface area contributed by atoms with Crippen molar-refractivity contribution in [3.63, 3.8) is 0 Å². The van der Waals surface area contributed by atoms with Crippen LogP contribution in [0.25, 0.3) is 0 Å². The first-order valence-electron chi connectivity index (χ1n) is 7.56. The normalized spacial score (nSPS) is 21.2. The Hall–Kier alpha value is -1.60. The van der Waals surface area contributed by atoms with E-state index in [1.54, 1.807) is 0 Å². The average Bonchev–Trinajstić information content (AvgIpc) is 2.78. The molecule has 2 aromatic rings. The predicted molar refractivity (Wildman–Crippen MR) is 84.7 cm³/mol. The summed E-state index contributed by atoms with van der Waals surface area (Å²) in [6.45, 7) is 4.52. The van der Waals surface area contributed by atoms with E-state index in [1.807, 2.05) is 0 Å². The number of rotatable bonds is 3. The molecule has 104 valence electrons. The molecule has 1 unspecified atom stereocenters. The van der Waals surface area contributed by atoms with Gasteiger partial charge in [-0.2, -0.15) is 0 Å². The van der Waals surface area contributed by atoms with Crippen LogP contribution in [0.3, 0.4) is 0 Å². The molecular formula is C19H23N. The van der Waals surface area contributed by atoms with Crippen LogP contribution in [0.4, 0.5) is 0 Å². The molecule has 0 amide bonds. The van der Waals surface area contributed by atoms with E-state index in [4.69, 9.17) is 5.73 Å². The van der Waals surface area contributed by atoms with E-state index in [9.17, 15) is 0 Å². The molecular weight excluding hydrogens is 242 g/mol. The highest BCUT2D eigenvalue weighted by molar-refractivity contribution is 5.47. The Balaban J connectivity index is 2.01. The van der Waals surface area contributed by atoms with Gasteiger partial charge in [0.25, 0.3) is 0 Å². The van der Waals surface area contributed by atoms with Crippen molar-refractivity contribution < 1.29 is 0 Å². The molecule has 0 heterocycles. The molecule has 1 atom stereocenters. The Morgan fingerprint density at radius 1 is 1.10 bits per heavy atom. The van der Waals surface area contributed by atoms with Gasteiger partial charge in [-0.1, -0.05) is 62.4 Å². The average molecular weight is 265 g/mol. The third-order valence-electron chi connectivity index (χ3n) is 4.37. The van der Waals surface area contributed by atoms with Gasteiger partial charge >= 0.3 is 0 Å². The lowest BCUT2D eigenvalue weighted by molar-refractivity contribution is 0.533. The molecule has 0 radical (unpaired) electrons. The lowest BCUT2D eigenvalue weighted by Gasteiger charge is -2.27. The summed E-state index contributed by atoms with van der Waals surface area (Å²) in [6.07, 6.45) is 3.21. The van der Waals surface area contributed by atoms with Crippen molar-refractivity contribution in [2.75, 3.05) is 0 Å². The molecule has 1 heteroatoms. The molecule has 1 nitrogen and oxygen atoms in total. The van der Waals surface area contributed by atoms with Gasteiger partial charge in [0.15, 0.2) is 0 Å². The fourth-order valence-electron chi connectivity index (χ4n) is 3.39. The van der Waals surface area contributed by atoms with E-state index in [2.05, 4.69) is 62.4 Å². The minimum Gasteiger partial charge on any atom is -0.318 e. The van der Waals surface area contributed by atoms with Crippen LogP contribution in [-0.2, 0) is 18.4 Å². The first-order chi connectivity index (χ1) is 9.59. The summed E-state index contributed by atoms with van der Waals surface area (Å²) >= 11 is 0. The molecule has 0 fully saturated rings. The van der Waals surface area contributed by atoms with Crippen molar-refractivity contribution in [1.29, 1.82) is 0 Å². The van der Waals surface area contributed by atoms with Crippen LogP contribution in [0.2, 0.25) is 0 Å². The van der Waals surface area contributed by atoms with Crippen molar-refractivity contribution in [3.05, 3.63) is 70.8 Å². The van der Waals surface area contributed by atoms with Crippen LogP contribution in [0.15, 0.2) is 48.5 Å². The Bertz CT molecular complexity index is 615. The molecule has 2 aromatic carbocycles. The van der Waals surface area contributed by atoms with Gasteiger partial charge in [0.2, 0.25) is 0 Å². The molecule has 2 N–H and O–H groups in total. The monoisotopic (exact) mass is 265 g/mol. The highest BCUT2D eigenvalue weighted by Crippen LogP contribution is 2.40. The van der Waals surface area contributed by atoms with Gasteiger partial charge in [-0.3, -0.25) is 0 Å². The molecule has 3 rings (SSSR count). The van der Waals surface area contributed by atoms with E-state index < -0.39 is 0 Å². The standard InChI is InChI=1S/C19H23N/c1-14(2)12-15-6-5-8-17(13-15)19(20)11-10-16-7-3-4-9-18(16)19/h3-9,13-14H,10-12,20H2,1-2H3. The Morgan fingerprint density at radius 2 is 1.90 bits per heavy atom. The second kappa shape index (κ2) is 5.06. The topological polar surface area (TPSA) is 26.0 Å². The molecule has 0 aromatic heterocycles. The third-order valence-corrected chi connectivity index (χ3v) is 4.37. The molecule has 0 spiro atoms. The molecule has 1 aliphatic carbocycles. The Kier molecular flexibility index (Phi) is 3.39. The Morgan fingerprint density at radius 3 is 2.70 bits per heavy atom. The minimum atomic E-state index is -0.302. The summed E-state index contributed by atoms with van der Waals surface area (Å²) in [5, 5.41) is 0. The SMILES string of the molecule is CC(C)Cc1cccc(C2(N)CCc3ccccc32)c1. The highest BCUT2D eigenvalue weighted by Gasteiger charge is 2.36. The first kappa shape index (κ1) is 13.4. The number of hydrogen-bond acceptors (Lipinski definition) is 1. The molecule has 1 aliphatic rings. The van der Waals surface area contributed by atoms with Gasteiger partial charge in [0.05, 0.1) is 5.54 Å². The van der Waals surface area contributed by atoms with E-state index >= 15 is 0 Å². The second-order valence-corrected chi connectivity index (χ2v) is 6.43. The Labute approximate surface area is 121 Å². The van der Waals surface area contributed by atoms with Crippen molar-refractivity contribution in [2.45, 2.75) is 38.6 Å². The van der Waals surface area contributed by atoms with Gasteiger partial charge < -0.3 is 5.73 Å². The van der Waals surface area contributed by atoms with Crippen LogP contribution >= 0.6 is 0 Å². The molecule has 20 heavy (non-hydrogen) atoms. The maximum Gasteiger partial charge on any atom is 0.0671 e. The smallest absolute Gasteiger partial charge is 0.0671 e. The van der Waals surface area contributed by atoms with Crippen LogP contribution in [0, 0.1) is 5.92 Å². The first-order valence-corrected chi connectivity index (χ1v) is 7.56. The van der Waals surface area contributed by atoms with Gasteiger partial charge in [0.1, 0.15) is 0 Å². The lowest BCUT2D eigenvalue weighted by atomic mass is 9.84. The highest BCUT2D eigenvalue weighted by atomic mass is 14.8. The van der Waals surface area contributed by atoms with Crippen molar-refractivity contribution in [1.82, 2.24) is 0 Å². The van der Waals surface area contributed by atoms with Crippen LogP contribution in [0.5, 0.6) is 0 Å². The zero-order valence-electron chi connectivity index (χ0n) is 12.4. The zero-order valence-corrected chi connectivity index (χ0v) is 12.4. The quantitative estimate of drug-likeness (QED) is 0.890. The molecule has 0 aliphatic heterocycles. The number of benzene rings is 2. The van der Waals surface area contributed by atoms with Gasteiger partial charge in [0, 0.05) is 0 Å². The number of nitrogens with two attached hydrogens (primary N) is 1. The number of hydrogen-bond donors (Lipinski definition) is 1. The van der Waals surface area contributed by atoms with E-state index in [1.165, 1.54) is 22.3 Å². The summed E-state index contributed by atoms with van der Waals surface area (Å²) in [4.78, 5) is 0. The van der Waals surface area contributed by atoms with Crippen LogP contribution in [-0.4, -0.2) is 0 Å². The summed E-state index contributed by atoms with van der Waals surface area (Å²) < 4.78 is 0. The summed E-state index contributed by atoms with van der Waals surface area (Å²) in [5.41, 5.74) is 11.9. The van der Waals surface area contributed by atoms with E-state index in [0.717, 1.165) is 19.3 Å². The predicted octanol–water partition coefficient (Wildman–Crippen LogP) is 4.03. The van der Waals surface area contributed by atoms with Crippen LogP contribution < -0.4 is 5.73 Å². The van der Waals surface area contributed by atoms with Gasteiger partial charge in [-0.25, -0.2) is 0 Å². The van der Waals surface area contributed by atoms with Gasteiger partial charge in [-0.05, 0) is 47.4 Å². The maximum absolute atomic E-state index is 6.79. The van der Waals surface area contributed by atoms with Gasteiger partial charge in [-0.15, -0.1) is 0 Å². The number of fused-ring (bicyclic) bond motifs is 1. The number of aryl methyl sites for hydroxylation is 1. The van der Waals surface area contributed by atoms with Crippen molar-refractivity contribution in [3.8, 4) is 0 Å². The minimum absolute atomic E-state index is 0.302. The van der Waals surface area contributed by atoms with Crippen molar-refractivity contribution >= 4 is 0 Å². The second-order valence-electron chi connectivity index (χ2n) is 6.43. The maximum atomic E-state index is 6.79. The van der Waals surface area contributed by atoms with Crippen molar-refractivity contribution in [2.24, 2.45) is 11.7 Å². The van der Waals surface area contributed by atoms with Crippen LogP contribution in [0.1, 0.15) is 42.5 Å². The molecule has 0 bridgehead atoms.